The number of hydrogen-bond donors (Lipinski definition) is 1. The van der Waals surface area contributed by atoms with Crippen molar-refractivity contribution in [3.63, 3.8) is 0 Å². The van der Waals surface area contributed by atoms with Gasteiger partial charge in [0.05, 0.1) is 0 Å². The monoisotopic (exact) mass is 306 g/mol. The van der Waals surface area contributed by atoms with Crippen LogP contribution < -0.4 is 5.73 Å². The molecule has 2 heterocycles. The lowest BCUT2D eigenvalue weighted by molar-refractivity contribution is 0.719. The van der Waals surface area contributed by atoms with Crippen LogP contribution in [0, 0.1) is 6.92 Å². The fourth-order valence-electron chi connectivity index (χ4n) is 1.73. The molecule has 1 atom stereocenters. The van der Waals surface area contributed by atoms with Crippen molar-refractivity contribution in [1.82, 2.24) is 15.0 Å². The number of nitrogens with two attached hydrogens (primary N) is 1. The van der Waals surface area contributed by atoms with Gasteiger partial charge in [-0.25, -0.2) is 9.97 Å². The Bertz CT molecular complexity index is 554. The van der Waals surface area contributed by atoms with Gasteiger partial charge < -0.3 is 5.73 Å². The Morgan fingerprint density at radius 1 is 1.28 bits per heavy atom. The maximum absolute atomic E-state index is 5.81. The highest BCUT2D eigenvalue weighted by Gasteiger charge is 2.07. The van der Waals surface area contributed by atoms with Crippen LogP contribution in [-0.4, -0.2) is 21.0 Å². The Balaban J connectivity index is 2.41. The number of rotatable bonds is 3. The van der Waals surface area contributed by atoms with Crippen LogP contribution in [0.5, 0.6) is 0 Å². The molecule has 94 valence electrons. The van der Waals surface area contributed by atoms with Crippen LogP contribution in [0.15, 0.2) is 29.0 Å². The maximum atomic E-state index is 5.81. The minimum absolute atomic E-state index is 0.0905. The van der Waals surface area contributed by atoms with Gasteiger partial charge in [0, 0.05) is 46.3 Å². The van der Waals surface area contributed by atoms with E-state index in [9.17, 15) is 0 Å². The van der Waals surface area contributed by atoms with E-state index in [1.165, 1.54) is 0 Å². The first-order chi connectivity index (χ1) is 8.54. The molecule has 0 bridgehead atoms. The van der Waals surface area contributed by atoms with Crippen molar-refractivity contribution in [3.05, 3.63) is 40.4 Å². The zero-order chi connectivity index (χ0) is 13.1. The van der Waals surface area contributed by atoms with Crippen molar-refractivity contribution in [1.29, 1.82) is 0 Å². The summed E-state index contributed by atoms with van der Waals surface area (Å²) in [4.78, 5) is 13.1. The Morgan fingerprint density at radius 3 is 2.72 bits per heavy atom. The van der Waals surface area contributed by atoms with Gasteiger partial charge in [-0.15, -0.1) is 0 Å². The quantitative estimate of drug-likeness (QED) is 0.946. The van der Waals surface area contributed by atoms with E-state index in [2.05, 4.69) is 30.9 Å². The van der Waals surface area contributed by atoms with Crippen molar-refractivity contribution in [2.75, 3.05) is 0 Å². The first-order valence-electron chi connectivity index (χ1n) is 5.75. The molecule has 0 saturated heterocycles. The standard InChI is InChI=1S/C13H15BrN4/c1-8(15)3-12-4-9(2)17-13(18-12)10-5-11(14)7-16-6-10/h4-8H,3,15H2,1-2H3. The maximum Gasteiger partial charge on any atom is 0.161 e. The number of aryl methyl sites for hydroxylation is 1. The van der Waals surface area contributed by atoms with Crippen LogP contribution in [0.2, 0.25) is 0 Å². The highest BCUT2D eigenvalue weighted by atomic mass is 79.9. The predicted molar refractivity (Wildman–Crippen MR) is 75.1 cm³/mol. The second kappa shape index (κ2) is 5.54. The number of nitrogens with zero attached hydrogens (tertiary/aromatic N) is 3. The zero-order valence-corrected chi connectivity index (χ0v) is 12.0. The molecule has 2 aromatic heterocycles. The Kier molecular flexibility index (Phi) is 4.04. The second-order valence-corrected chi connectivity index (χ2v) is 5.31. The number of aromatic nitrogens is 3. The SMILES string of the molecule is Cc1cc(CC(C)N)nc(-c2cncc(Br)c2)n1. The van der Waals surface area contributed by atoms with Crippen molar-refractivity contribution >= 4 is 15.9 Å². The largest absolute Gasteiger partial charge is 0.328 e. The zero-order valence-electron chi connectivity index (χ0n) is 10.4. The number of pyridine rings is 1. The summed E-state index contributed by atoms with van der Waals surface area (Å²) in [5, 5.41) is 0. The molecule has 2 N–H and O–H groups in total. The summed E-state index contributed by atoms with van der Waals surface area (Å²) in [7, 11) is 0. The van der Waals surface area contributed by atoms with Gasteiger partial charge in [-0.1, -0.05) is 0 Å². The van der Waals surface area contributed by atoms with E-state index in [4.69, 9.17) is 5.73 Å². The molecule has 0 saturated carbocycles. The van der Waals surface area contributed by atoms with Crippen molar-refractivity contribution in [2.45, 2.75) is 26.3 Å². The molecule has 0 aliphatic heterocycles. The molecule has 0 amide bonds. The Hall–Kier alpha value is -1.33. The van der Waals surface area contributed by atoms with Gasteiger partial charge in [-0.2, -0.15) is 0 Å². The summed E-state index contributed by atoms with van der Waals surface area (Å²) in [5.41, 5.74) is 8.61. The van der Waals surface area contributed by atoms with Crippen LogP contribution in [-0.2, 0) is 6.42 Å². The summed E-state index contributed by atoms with van der Waals surface area (Å²) in [6.45, 7) is 3.93. The second-order valence-electron chi connectivity index (χ2n) is 4.40. The molecule has 0 fully saturated rings. The third-order valence-corrected chi connectivity index (χ3v) is 2.84. The van der Waals surface area contributed by atoms with Gasteiger partial charge >= 0.3 is 0 Å². The minimum atomic E-state index is 0.0905. The molecular formula is C13H15BrN4. The molecular weight excluding hydrogens is 292 g/mol. The molecule has 0 aliphatic carbocycles. The van der Waals surface area contributed by atoms with Crippen LogP contribution in [0.25, 0.3) is 11.4 Å². The predicted octanol–water partition coefficient (Wildman–Crippen LogP) is 2.50. The molecule has 1 unspecified atom stereocenters. The summed E-state index contributed by atoms with van der Waals surface area (Å²) < 4.78 is 0.916. The lowest BCUT2D eigenvalue weighted by Crippen LogP contribution is -2.19. The number of halogens is 1. The van der Waals surface area contributed by atoms with E-state index in [1.54, 1.807) is 12.4 Å². The smallest absolute Gasteiger partial charge is 0.161 e. The molecule has 0 spiro atoms. The van der Waals surface area contributed by atoms with Gasteiger partial charge in [0.1, 0.15) is 0 Å². The molecule has 4 nitrogen and oxygen atoms in total. The lowest BCUT2D eigenvalue weighted by Gasteiger charge is -2.08. The van der Waals surface area contributed by atoms with Crippen LogP contribution in [0.1, 0.15) is 18.3 Å². The molecule has 5 heteroatoms. The van der Waals surface area contributed by atoms with Gasteiger partial charge in [0.15, 0.2) is 5.82 Å². The van der Waals surface area contributed by atoms with E-state index in [1.807, 2.05) is 26.0 Å². The van der Waals surface area contributed by atoms with Gasteiger partial charge in [0.25, 0.3) is 0 Å². The van der Waals surface area contributed by atoms with Gasteiger partial charge in [-0.05, 0) is 41.9 Å². The molecule has 18 heavy (non-hydrogen) atoms. The third kappa shape index (κ3) is 3.34. The van der Waals surface area contributed by atoms with E-state index in [-0.39, 0.29) is 6.04 Å². The summed E-state index contributed by atoms with van der Waals surface area (Å²) in [5.74, 6) is 0.694. The van der Waals surface area contributed by atoms with Crippen molar-refractivity contribution in [2.24, 2.45) is 5.73 Å². The van der Waals surface area contributed by atoms with Crippen molar-refractivity contribution < 1.29 is 0 Å². The molecule has 0 radical (unpaired) electrons. The molecule has 0 aliphatic rings. The highest BCUT2D eigenvalue weighted by Crippen LogP contribution is 2.19. The van der Waals surface area contributed by atoms with Crippen LogP contribution >= 0.6 is 15.9 Å². The molecule has 2 rings (SSSR count). The van der Waals surface area contributed by atoms with Crippen molar-refractivity contribution in [3.8, 4) is 11.4 Å². The van der Waals surface area contributed by atoms with E-state index in [0.717, 1.165) is 27.8 Å². The summed E-state index contributed by atoms with van der Waals surface area (Å²) in [6.07, 6.45) is 4.25. The first-order valence-corrected chi connectivity index (χ1v) is 6.55. The molecule has 0 aromatic carbocycles. The van der Waals surface area contributed by atoms with E-state index < -0.39 is 0 Å². The fourth-order valence-corrected chi connectivity index (χ4v) is 2.10. The lowest BCUT2D eigenvalue weighted by atomic mass is 10.1. The van der Waals surface area contributed by atoms with E-state index >= 15 is 0 Å². The third-order valence-electron chi connectivity index (χ3n) is 2.40. The van der Waals surface area contributed by atoms with Gasteiger partial charge in [0.2, 0.25) is 0 Å². The Labute approximate surface area is 115 Å². The fraction of sp³-hybridized carbons (Fsp3) is 0.308. The highest BCUT2D eigenvalue weighted by molar-refractivity contribution is 9.10. The molecule has 2 aromatic rings. The first kappa shape index (κ1) is 13.1. The Morgan fingerprint density at radius 2 is 2.06 bits per heavy atom. The van der Waals surface area contributed by atoms with Crippen LogP contribution in [0.3, 0.4) is 0 Å². The minimum Gasteiger partial charge on any atom is -0.328 e. The normalized spacial score (nSPS) is 12.4. The summed E-state index contributed by atoms with van der Waals surface area (Å²) >= 11 is 3.40. The van der Waals surface area contributed by atoms with Gasteiger partial charge in [-0.3, -0.25) is 4.98 Å². The average Bonchev–Trinajstić information content (AvgIpc) is 2.27. The van der Waals surface area contributed by atoms with Crippen LogP contribution in [0.4, 0.5) is 0 Å². The number of hydrogen-bond acceptors (Lipinski definition) is 4. The summed E-state index contributed by atoms with van der Waals surface area (Å²) in [6, 6.07) is 4.02. The van der Waals surface area contributed by atoms with E-state index in [0.29, 0.717) is 5.82 Å². The average molecular weight is 307 g/mol. The topological polar surface area (TPSA) is 64.7 Å².